The van der Waals surface area contributed by atoms with E-state index in [-0.39, 0.29) is 36.0 Å². The number of nitrogens with one attached hydrogen (secondary N) is 3. The molecular weight excluding hydrogens is 743 g/mol. The number of rotatable bonds is 17. The zero-order chi connectivity index (χ0) is 41.3. The monoisotopic (exact) mass is 801 g/mol. The van der Waals surface area contributed by atoms with Crippen LogP contribution in [0.3, 0.4) is 0 Å². The van der Waals surface area contributed by atoms with Crippen LogP contribution in [0.4, 0.5) is 0 Å². The van der Waals surface area contributed by atoms with E-state index in [4.69, 9.17) is 9.98 Å². The van der Waals surface area contributed by atoms with Crippen molar-refractivity contribution < 1.29 is 9.59 Å². The molecule has 9 heteroatoms. The number of carbonyl (C=O) groups excluding carboxylic acids is 2. The molecule has 4 atom stereocenters. The maximum absolute atomic E-state index is 14.1. The molecule has 310 valence electrons. The van der Waals surface area contributed by atoms with Gasteiger partial charge in [0.15, 0.2) is 0 Å². The van der Waals surface area contributed by atoms with E-state index >= 15 is 0 Å². The third kappa shape index (κ3) is 9.23. The normalized spacial score (nSPS) is 18.7. The van der Waals surface area contributed by atoms with Gasteiger partial charge in [-0.1, -0.05) is 136 Å². The van der Waals surface area contributed by atoms with Crippen molar-refractivity contribution in [2.45, 2.75) is 95.8 Å². The fraction of sp³-hybridized carbons (Fsp3) is 0.373. The van der Waals surface area contributed by atoms with Gasteiger partial charge < -0.3 is 25.4 Å². The first-order valence-electron chi connectivity index (χ1n) is 22.2. The van der Waals surface area contributed by atoms with Gasteiger partial charge in [-0.15, -0.1) is 0 Å². The van der Waals surface area contributed by atoms with Gasteiger partial charge in [-0.2, -0.15) is 0 Å². The quantitative estimate of drug-likeness (QED) is 0.0813. The maximum atomic E-state index is 14.1. The summed E-state index contributed by atoms with van der Waals surface area (Å²) < 4.78 is 0. The molecule has 4 heterocycles. The molecule has 2 saturated heterocycles. The van der Waals surface area contributed by atoms with Crippen molar-refractivity contribution in [1.82, 2.24) is 30.4 Å². The number of imidazole rings is 1. The van der Waals surface area contributed by atoms with E-state index in [2.05, 4.69) is 95.0 Å². The Bertz CT molecular complexity index is 2250. The highest BCUT2D eigenvalue weighted by Gasteiger charge is 2.38. The molecule has 1 unspecified atom stereocenters. The molecule has 60 heavy (non-hydrogen) atoms. The number of nitrogens with zero attached hydrogens (tertiary/aromatic N) is 4. The van der Waals surface area contributed by atoms with Gasteiger partial charge in [0.25, 0.3) is 0 Å². The number of aliphatic imine (C=N–C) groups is 1. The molecule has 0 saturated carbocycles. The van der Waals surface area contributed by atoms with Crippen molar-refractivity contribution in [2.75, 3.05) is 26.2 Å². The highest BCUT2D eigenvalue weighted by molar-refractivity contribution is 6.03. The van der Waals surface area contributed by atoms with Crippen molar-refractivity contribution >= 4 is 23.1 Å². The number of amides is 2. The molecule has 9 nitrogen and oxygen atoms in total. The van der Waals surface area contributed by atoms with E-state index in [1.54, 1.807) is 0 Å². The number of hydrogen-bond donors (Lipinski definition) is 3. The average molecular weight is 802 g/mol. The van der Waals surface area contributed by atoms with Crippen LogP contribution in [0.15, 0.2) is 127 Å². The summed E-state index contributed by atoms with van der Waals surface area (Å²) >= 11 is 0. The number of benzene rings is 4. The third-order valence-corrected chi connectivity index (χ3v) is 12.4. The van der Waals surface area contributed by atoms with Crippen LogP contribution in [-0.4, -0.2) is 69.5 Å². The van der Waals surface area contributed by atoms with Gasteiger partial charge in [0.2, 0.25) is 11.8 Å². The van der Waals surface area contributed by atoms with E-state index in [9.17, 15) is 9.59 Å². The first-order valence-corrected chi connectivity index (χ1v) is 22.2. The van der Waals surface area contributed by atoms with Crippen LogP contribution in [0.5, 0.6) is 0 Å². The minimum Gasteiger partial charge on any atom is -0.340 e. The average Bonchev–Trinajstić information content (AvgIpc) is 4.15. The highest BCUT2D eigenvalue weighted by atomic mass is 16.2. The number of unbranched alkanes of at least 4 members (excludes halogenated alkanes) is 2. The van der Waals surface area contributed by atoms with Crippen LogP contribution < -0.4 is 10.6 Å². The second-order valence-corrected chi connectivity index (χ2v) is 16.5. The fourth-order valence-corrected chi connectivity index (χ4v) is 9.06. The summed E-state index contributed by atoms with van der Waals surface area (Å²) in [5, 5.41) is 7.10. The van der Waals surface area contributed by atoms with E-state index in [1.165, 1.54) is 5.57 Å². The molecule has 3 aliphatic rings. The predicted molar refractivity (Wildman–Crippen MR) is 242 cm³/mol. The van der Waals surface area contributed by atoms with Crippen LogP contribution >= 0.6 is 0 Å². The Morgan fingerprint density at radius 3 is 1.72 bits per heavy atom. The molecule has 0 spiro atoms. The molecular formula is C51H59N7O2. The summed E-state index contributed by atoms with van der Waals surface area (Å²) in [5.41, 5.74) is 9.73. The van der Waals surface area contributed by atoms with Gasteiger partial charge >= 0.3 is 0 Å². The summed E-state index contributed by atoms with van der Waals surface area (Å²) in [5.74, 6) is 1.10. The van der Waals surface area contributed by atoms with Crippen molar-refractivity contribution in [1.29, 1.82) is 0 Å². The minimum absolute atomic E-state index is 0.0263. The number of allylic oxidation sites excluding steroid dienone is 1. The van der Waals surface area contributed by atoms with Crippen LogP contribution in [-0.2, 0) is 9.59 Å². The van der Waals surface area contributed by atoms with E-state index in [0.717, 1.165) is 135 Å². The molecule has 3 aliphatic heterocycles. The Labute approximate surface area is 355 Å². The van der Waals surface area contributed by atoms with Crippen molar-refractivity contribution in [2.24, 2.45) is 4.99 Å². The van der Waals surface area contributed by atoms with E-state index < -0.39 is 0 Å². The lowest BCUT2D eigenvalue weighted by Crippen LogP contribution is -2.46. The summed E-state index contributed by atoms with van der Waals surface area (Å²) in [6.07, 6.45) is 12.6. The number of aromatic amines is 1. The van der Waals surface area contributed by atoms with Crippen LogP contribution in [0, 0.1) is 0 Å². The van der Waals surface area contributed by atoms with Crippen molar-refractivity contribution in [3.05, 3.63) is 144 Å². The Kier molecular flexibility index (Phi) is 13.4. The second-order valence-electron chi connectivity index (χ2n) is 16.5. The zero-order valence-corrected chi connectivity index (χ0v) is 35.2. The molecule has 5 aromatic rings. The summed E-state index contributed by atoms with van der Waals surface area (Å²) in [7, 11) is 0. The van der Waals surface area contributed by atoms with Crippen LogP contribution in [0.25, 0.3) is 28.0 Å². The molecule has 0 bridgehead atoms. The molecule has 2 amide bonds. The molecule has 8 rings (SSSR count). The lowest BCUT2D eigenvalue weighted by atomic mass is 9.96. The molecule has 4 aromatic carbocycles. The Hall–Kier alpha value is -5.64. The van der Waals surface area contributed by atoms with Crippen molar-refractivity contribution in [3.8, 4) is 22.4 Å². The van der Waals surface area contributed by atoms with Gasteiger partial charge in [-0.05, 0) is 90.6 Å². The van der Waals surface area contributed by atoms with Gasteiger partial charge in [0.1, 0.15) is 17.9 Å². The topological polar surface area (TPSA) is 106 Å². The lowest BCUT2D eigenvalue weighted by molar-refractivity contribution is -0.135. The number of hydrogen-bond acceptors (Lipinski definition) is 6. The maximum Gasteiger partial charge on any atom is 0.244 e. The lowest BCUT2D eigenvalue weighted by Gasteiger charge is -2.30. The van der Waals surface area contributed by atoms with E-state index in [0.29, 0.717) is 0 Å². The first kappa shape index (κ1) is 41.1. The number of H-pyrrole nitrogens is 1. The Morgan fingerprint density at radius 2 is 1.17 bits per heavy atom. The largest absolute Gasteiger partial charge is 0.340 e. The summed E-state index contributed by atoms with van der Waals surface area (Å²) in [6.45, 7) is 7.45. The Balaban J connectivity index is 0.889. The smallest absolute Gasteiger partial charge is 0.244 e. The molecule has 2 fully saturated rings. The van der Waals surface area contributed by atoms with Crippen LogP contribution in [0.1, 0.15) is 112 Å². The van der Waals surface area contributed by atoms with Gasteiger partial charge in [-0.25, -0.2) is 4.98 Å². The van der Waals surface area contributed by atoms with Gasteiger partial charge in [0, 0.05) is 31.4 Å². The minimum atomic E-state index is -0.369. The van der Waals surface area contributed by atoms with E-state index in [1.807, 2.05) is 65.8 Å². The molecule has 0 radical (unpaired) electrons. The van der Waals surface area contributed by atoms with Crippen molar-refractivity contribution in [3.63, 3.8) is 0 Å². The summed E-state index contributed by atoms with van der Waals surface area (Å²) in [4.78, 5) is 45.5. The first-order chi connectivity index (χ1) is 29.5. The number of likely N-dealkylation sites (tertiary alicyclic amines) is 2. The standard InChI is InChI=1S/C51H59N7O2/c1-3-5-29-52-47(40-15-9-7-10-16-40)50(59)57-31-13-19-45(57)43-33-42(34-54-43)38-23-21-36(22-24-38)37-25-27-39(28-26-37)44-35-55-49(56-44)46-20-14-32-58(46)51(60)48(53-30-6-4-2)41-17-11-8-12-18-41/h7-12,15-18,21-28,34-35,45-48,52-53H,3-6,13-14,19-20,29-33H2,1-2H3,(H,55,56)/t45-,46?,47+,48+/m0/s1. The molecule has 1 aromatic heterocycles. The van der Waals surface area contributed by atoms with Crippen LogP contribution in [0.2, 0.25) is 0 Å². The fourth-order valence-electron chi connectivity index (χ4n) is 9.06. The SMILES string of the molecule is CCCCN[C@@H](C(=O)N1CCCC1c1ncc(-c2ccc(-c3ccc(C4=CN=C([C@@H]5CCCN5C(=O)[C@H](NCCCC)c5ccccc5)C4)cc3)cc2)[nH]1)c1ccccc1. The number of carbonyl (C=O) groups is 2. The van der Waals surface area contributed by atoms with Gasteiger partial charge in [0.05, 0.1) is 24.0 Å². The third-order valence-electron chi connectivity index (χ3n) is 12.4. The summed E-state index contributed by atoms with van der Waals surface area (Å²) in [6, 6.07) is 36.8. The molecule has 0 aliphatic carbocycles. The number of aromatic nitrogens is 2. The highest BCUT2D eigenvalue weighted by Crippen LogP contribution is 2.36. The van der Waals surface area contributed by atoms with Gasteiger partial charge in [-0.3, -0.25) is 14.6 Å². The predicted octanol–water partition coefficient (Wildman–Crippen LogP) is 9.85. The second kappa shape index (κ2) is 19.6. The zero-order valence-electron chi connectivity index (χ0n) is 35.2. The Morgan fingerprint density at radius 1 is 0.667 bits per heavy atom. The molecule has 3 N–H and O–H groups in total.